The van der Waals surface area contributed by atoms with Crippen LogP contribution in [0, 0.1) is 11.8 Å². The van der Waals surface area contributed by atoms with E-state index in [1.54, 1.807) is 0 Å². The van der Waals surface area contributed by atoms with Gasteiger partial charge in [0.15, 0.2) is 5.78 Å². The number of allylic oxidation sites excluding steroid dienone is 2. The summed E-state index contributed by atoms with van der Waals surface area (Å²) in [6.07, 6.45) is 7.78. The van der Waals surface area contributed by atoms with Gasteiger partial charge in [-0.1, -0.05) is 25.2 Å². The van der Waals surface area contributed by atoms with Gasteiger partial charge in [0.05, 0.1) is 0 Å². The van der Waals surface area contributed by atoms with Crippen molar-refractivity contribution in [3.63, 3.8) is 0 Å². The molecule has 1 saturated carbocycles. The van der Waals surface area contributed by atoms with Crippen molar-refractivity contribution in [2.24, 2.45) is 0 Å². The number of unbranched alkanes of at least 4 members (excludes halogenated alkanes) is 2. The molecule has 0 aromatic rings. The largest absolute Gasteiger partial charge is 0.295 e. The van der Waals surface area contributed by atoms with Crippen molar-refractivity contribution in [3.05, 3.63) is 11.6 Å². The number of hydrogen-bond acceptors (Lipinski definition) is 1. The first-order chi connectivity index (χ1) is 6.34. The Bertz CT molecular complexity index is 263. The van der Waals surface area contributed by atoms with Crippen molar-refractivity contribution in [1.82, 2.24) is 0 Å². The average molecular weight is 176 g/mol. The van der Waals surface area contributed by atoms with Crippen LogP contribution in [0.2, 0.25) is 0 Å². The third-order valence-electron chi connectivity index (χ3n) is 2.21. The molecule has 0 spiro atoms. The fraction of sp³-hybridized carbons (Fsp3) is 0.583. The molecule has 1 rings (SSSR count). The zero-order valence-electron chi connectivity index (χ0n) is 8.23. The lowest BCUT2D eigenvalue weighted by Gasteiger charge is -1.87. The highest BCUT2D eigenvalue weighted by molar-refractivity contribution is 5.97. The Hall–Kier alpha value is -1.03. The molecule has 0 amide bonds. The van der Waals surface area contributed by atoms with Crippen molar-refractivity contribution in [3.8, 4) is 11.8 Å². The molecule has 1 nitrogen and oxygen atoms in total. The first kappa shape index (κ1) is 10.1. The van der Waals surface area contributed by atoms with Crippen LogP contribution in [0.25, 0.3) is 0 Å². The highest BCUT2D eigenvalue weighted by Gasteiger charge is 2.15. The quantitative estimate of drug-likeness (QED) is 0.359. The second kappa shape index (κ2) is 5.59. The van der Waals surface area contributed by atoms with Gasteiger partial charge in [-0.25, -0.2) is 0 Å². The van der Waals surface area contributed by atoms with Gasteiger partial charge in [-0.2, -0.15) is 0 Å². The minimum atomic E-state index is 0.296. The SMILES string of the molecule is CCCCC#C/C=C1/CCCC1=O. The van der Waals surface area contributed by atoms with Crippen LogP contribution in [-0.4, -0.2) is 5.78 Å². The summed E-state index contributed by atoms with van der Waals surface area (Å²) in [5.41, 5.74) is 0.934. The molecule has 1 aliphatic rings. The van der Waals surface area contributed by atoms with E-state index < -0.39 is 0 Å². The van der Waals surface area contributed by atoms with E-state index in [1.165, 1.54) is 6.42 Å². The predicted octanol–water partition coefficient (Wildman–Crippen LogP) is 2.86. The molecule has 13 heavy (non-hydrogen) atoms. The second-order valence-electron chi connectivity index (χ2n) is 3.37. The molecule has 0 aromatic carbocycles. The molecule has 1 aliphatic carbocycles. The van der Waals surface area contributed by atoms with Gasteiger partial charge in [0.25, 0.3) is 0 Å². The zero-order chi connectivity index (χ0) is 9.52. The van der Waals surface area contributed by atoms with Gasteiger partial charge in [0.2, 0.25) is 0 Å². The zero-order valence-corrected chi connectivity index (χ0v) is 8.23. The molecule has 0 unspecified atom stereocenters. The molecule has 0 bridgehead atoms. The monoisotopic (exact) mass is 176 g/mol. The van der Waals surface area contributed by atoms with Gasteiger partial charge in [-0.3, -0.25) is 4.79 Å². The minimum absolute atomic E-state index is 0.296. The molecule has 0 radical (unpaired) electrons. The molecule has 0 aliphatic heterocycles. The molecule has 0 atom stereocenters. The fourth-order valence-electron chi connectivity index (χ4n) is 1.37. The lowest BCUT2D eigenvalue weighted by Crippen LogP contribution is -1.89. The summed E-state index contributed by atoms with van der Waals surface area (Å²) in [6.45, 7) is 2.15. The Balaban J connectivity index is 2.36. The Morgan fingerprint density at radius 2 is 2.31 bits per heavy atom. The molecule has 0 saturated heterocycles. The average Bonchev–Trinajstić information content (AvgIpc) is 2.52. The van der Waals surface area contributed by atoms with Gasteiger partial charge in [0.1, 0.15) is 0 Å². The van der Waals surface area contributed by atoms with Crippen LogP contribution in [0.15, 0.2) is 11.6 Å². The molecule has 0 aromatic heterocycles. The van der Waals surface area contributed by atoms with Crippen molar-refractivity contribution in [1.29, 1.82) is 0 Å². The summed E-state index contributed by atoms with van der Waals surface area (Å²) in [4.78, 5) is 11.2. The summed E-state index contributed by atoms with van der Waals surface area (Å²) in [6, 6.07) is 0. The van der Waals surface area contributed by atoms with Crippen LogP contribution in [-0.2, 0) is 4.79 Å². The van der Waals surface area contributed by atoms with Crippen molar-refractivity contribution < 1.29 is 4.79 Å². The van der Waals surface area contributed by atoms with Crippen LogP contribution in [0.5, 0.6) is 0 Å². The minimum Gasteiger partial charge on any atom is -0.295 e. The summed E-state index contributed by atoms with van der Waals surface area (Å²) in [5.74, 6) is 6.31. The van der Waals surface area contributed by atoms with E-state index >= 15 is 0 Å². The normalized spacial score (nSPS) is 18.8. The summed E-state index contributed by atoms with van der Waals surface area (Å²) < 4.78 is 0. The second-order valence-corrected chi connectivity index (χ2v) is 3.37. The Morgan fingerprint density at radius 3 is 2.92 bits per heavy atom. The number of Topliss-reactive ketones (excluding diaryl/α,β-unsaturated/α-hetero) is 1. The van der Waals surface area contributed by atoms with Crippen molar-refractivity contribution in [2.45, 2.75) is 45.4 Å². The van der Waals surface area contributed by atoms with Crippen LogP contribution in [0.1, 0.15) is 45.4 Å². The highest BCUT2D eigenvalue weighted by atomic mass is 16.1. The summed E-state index contributed by atoms with van der Waals surface area (Å²) in [7, 11) is 0. The van der Waals surface area contributed by atoms with E-state index in [-0.39, 0.29) is 0 Å². The predicted molar refractivity (Wildman–Crippen MR) is 54.2 cm³/mol. The Morgan fingerprint density at radius 1 is 1.46 bits per heavy atom. The van der Waals surface area contributed by atoms with E-state index in [0.717, 1.165) is 37.7 Å². The number of hydrogen-bond donors (Lipinski definition) is 0. The van der Waals surface area contributed by atoms with E-state index in [0.29, 0.717) is 5.78 Å². The molecule has 70 valence electrons. The smallest absolute Gasteiger partial charge is 0.159 e. The maximum atomic E-state index is 11.2. The molecule has 1 fully saturated rings. The van der Waals surface area contributed by atoms with Crippen LogP contribution in [0.4, 0.5) is 0 Å². The van der Waals surface area contributed by atoms with Gasteiger partial charge in [0, 0.05) is 18.4 Å². The number of carbonyl (C=O) groups excluding carboxylic acids is 1. The van der Waals surface area contributed by atoms with Gasteiger partial charge in [-0.15, -0.1) is 0 Å². The lowest BCUT2D eigenvalue weighted by atomic mass is 10.2. The molecule has 0 N–H and O–H groups in total. The van der Waals surface area contributed by atoms with Gasteiger partial charge < -0.3 is 0 Å². The van der Waals surface area contributed by atoms with E-state index in [9.17, 15) is 4.79 Å². The standard InChI is InChI=1S/C12H16O/c1-2-3-4-5-6-8-11-9-7-10-12(11)13/h8H,2-4,7,9-10H2,1H3/b11-8-. The fourth-order valence-corrected chi connectivity index (χ4v) is 1.37. The summed E-state index contributed by atoms with van der Waals surface area (Å²) in [5, 5.41) is 0. The topological polar surface area (TPSA) is 17.1 Å². The van der Waals surface area contributed by atoms with E-state index in [1.807, 2.05) is 6.08 Å². The first-order valence-corrected chi connectivity index (χ1v) is 5.05. The highest BCUT2D eigenvalue weighted by Crippen LogP contribution is 2.19. The molecule has 0 heterocycles. The van der Waals surface area contributed by atoms with E-state index in [2.05, 4.69) is 18.8 Å². The number of rotatable bonds is 2. The number of ketones is 1. The van der Waals surface area contributed by atoms with Crippen LogP contribution < -0.4 is 0 Å². The lowest BCUT2D eigenvalue weighted by molar-refractivity contribution is -0.114. The summed E-state index contributed by atoms with van der Waals surface area (Å²) >= 11 is 0. The van der Waals surface area contributed by atoms with Gasteiger partial charge >= 0.3 is 0 Å². The maximum Gasteiger partial charge on any atom is 0.159 e. The third kappa shape index (κ3) is 3.46. The Labute approximate surface area is 80.2 Å². The first-order valence-electron chi connectivity index (χ1n) is 5.05. The molecular weight excluding hydrogens is 160 g/mol. The molecule has 1 heteroatoms. The van der Waals surface area contributed by atoms with Crippen LogP contribution >= 0.6 is 0 Å². The van der Waals surface area contributed by atoms with Gasteiger partial charge in [-0.05, 0) is 25.3 Å². The number of carbonyl (C=O) groups is 1. The maximum absolute atomic E-state index is 11.2. The Kier molecular flexibility index (Phi) is 4.32. The van der Waals surface area contributed by atoms with Crippen molar-refractivity contribution in [2.75, 3.05) is 0 Å². The van der Waals surface area contributed by atoms with Crippen LogP contribution in [0.3, 0.4) is 0 Å². The third-order valence-corrected chi connectivity index (χ3v) is 2.21. The van der Waals surface area contributed by atoms with Crippen molar-refractivity contribution >= 4 is 5.78 Å². The van der Waals surface area contributed by atoms with E-state index in [4.69, 9.17) is 0 Å². The molecular formula is C12H16O.